The third-order valence-electron chi connectivity index (χ3n) is 3.72. The Bertz CT molecular complexity index is 556. The molecule has 2 atom stereocenters. The van der Waals surface area contributed by atoms with Crippen molar-refractivity contribution in [2.45, 2.75) is 31.8 Å². The first-order valence-corrected chi connectivity index (χ1v) is 8.00. The number of nitrogens with one attached hydrogen (secondary N) is 3. The van der Waals surface area contributed by atoms with Crippen LogP contribution in [0.5, 0.6) is 0 Å². The summed E-state index contributed by atoms with van der Waals surface area (Å²) in [6.45, 7) is 1.96. The van der Waals surface area contributed by atoms with Crippen molar-refractivity contribution < 1.29 is 14.5 Å². The first kappa shape index (κ1) is 17.1. The fourth-order valence-electron chi connectivity index (χ4n) is 1.98. The molecule has 0 bridgehead atoms. The molecule has 1 fully saturated rings. The fourth-order valence-corrected chi connectivity index (χ4v) is 2.48. The number of rotatable bonds is 6. The van der Waals surface area contributed by atoms with E-state index in [0.717, 1.165) is 17.7 Å². The number of carbonyl (C=O) groups excluding carboxylic acids is 2. The van der Waals surface area contributed by atoms with Gasteiger partial charge in [-0.3, -0.25) is 9.59 Å². The second-order valence-corrected chi connectivity index (χ2v) is 6.49. The average Bonchev–Trinajstić information content (AvgIpc) is 3.26. The van der Waals surface area contributed by atoms with Crippen LogP contribution in [-0.2, 0) is 9.59 Å². The van der Waals surface area contributed by atoms with E-state index in [0.29, 0.717) is 21.8 Å². The summed E-state index contributed by atoms with van der Waals surface area (Å²) in [5, 5.41) is 6.42. The highest BCUT2D eigenvalue weighted by Crippen LogP contribution is 2.29. The number of carbonyl (C=O) groups is 2. The van der Waals surface area contributed by atoms with Crippen molar-refractivity contribution in [2.24, 2.45) is 0 Å². The van der Waals surface area contributed by atoms with Crippen LogP contribution in [0.15, 0.2) is 18.2 Å². The minimum Gasteiger partial charge on any atom is -0.348 e. The van der Waals surface area contributed by atoms with E-state index in [1.165, 1.54) is 0 Å². The van der Waals surface area contributed by atoms with Gasteiger partial charge in [0.15, 0.2) is 12.6 Å². The summed E-state index contributed by atoms with van der Waals surface area (Å²) in [6, 6.07) is 5.05. The number of amides is 2. The fraction of sp³-hybridized carbons (Fsp3) is 0.467. The van der Waals surface area contributed by atoms with Gasteiger partial charge in [0, 0.05) is 6.04 Å². The quantitative estimate of drug-likeness (QED) is 0.723. The lowest BCUT2D eigenvalue weighted by molar-refractivity contribution is -0.885. The molecule has 2 rings (SSSR count). The van der Waals surface area contributed by atoms with Crippen LogP contribution >= 0.6 is 23.2 Å². The molecule has 7 heteroatoms. The third-order valence-corrected chi connectivity index (χ3v) is 4.35. The second-order valence-electron chi connectivity index (χ2n) is 5.67. The Balaban J connectivity index is 1.89. The summed E-state index contributed by atoms with van der Waals surface area (Å²) in [4.78, 5) is 24.9. The van der Waals surface area contributed by atoms with Crippen LogP contribution < -0.4 is 15.5 Å². The predicted molar refractivity (Wildman–Crippen MR) is 87.5 cm³/mol. The average molecular weight is 345 g/mol. The molecule has 0 radical (unpaired) electrons. The summed E-state index contributed by atoms with van der Waals surface area (Å²) in [6.07, 6.45) is 2.09. The van der Waals surface area contributed by atoms with Gasteiger partial charge in [0.2, 0.25) is 0 Å². The highest BCUT2D eigenvalue weighted by atomic mass is 35.5. The maximum atomic E-state index is 12.1. The molecule has 0 aliphatic heterocycles. The van der Waals surface area contributed by atoms with E-state index in [1.807, 2.05) is 14.0 Å². The predicted octanol–water partition coefficient (Wildman–Crippen LogP) is 1.11. The van der Waals surface area contributed by atoms with E-state index in [9.17, 15) is 9.59 Å². The van der Waals surface area contributed by atoms with Crippen molar-refractivity contribution in [3.63, 3.8) is 0 Å². The lowest BCUT2D eigenvalue weighted by Crippen LogP contribution is -3.15. The molecule has 0 spiro atoms. The molecular formula is C15H20Cl2N3O2+. The van der Waals surface area contributed by atoms with Gasteiger partial charge >= 0.3 is 0 Å². The first-order chi connectivity index (χ1) is 10.4. The van der Waals surface area contributed by atoms with Crippen LogP contribution in [0.1, 0.15) is 19.8 Å². The molecule has 1 aliphatic rings. The third kappa shape index (κ3) is 4.60. The lowest BCUT2D eigenvalue weighted by Gasteiger charge is -2.20. The van der Waals surface area contributed by atoms with Crippen LogP contribution in [-0.4, -0.2) is 37.5 Å². The van der Waals surface area contributed by atoms with E-state index in [-0.39, 0.29) is 24.4 Å². The summed E-state index contributed by atoms with van der Waals surface area (Å²) >= 11 is 12.0. The molecule has 0 saturated heterocycles. The zero-order valence-electron chi connectivity index (χ0n) is 12.6. The first-order valence-electron chi connectivity index (χ1n) is 7.25. The number of benzene rings is 1. The molecule has 5 nitrogen and oxygen atoms in total. The van der Waals surface area contributed by atoms with Crippen molar-refractivity contribution in [1.29, 1.82) is 0 Å². The van der Waals surface area contributed by atoms with E-state index < -0.39 is 0 Å². The number of anilines is 1. The molecule has 0 heterocycles. The van der Waals surface area contributed by atoms with E-state index in [4.69, 9.17) is 23.2 Å². The Kier molecular flexibility index (Phi) is 5.67. The van der Waals surface area contributed by atoms with Crippen LogP contribution in [0.2, 0.25) is 10.0 Å². The number of halogens is 2. The molecule has 1 saturated carbocycles. The van der Waals surface area contributed by atoms with Crippen molar-refractivity contribution in [3.05, 3.63) is 28.2 Å². The Morgan fingerprint density at radius 3 is 2.45 bits per heavy atom. The highest BCUT2D eigenvalue weighted by Gasteiger charge is 2.30. The van der Waals surface area contributed by atoms with Gasteiger partial charge in [-0.1, -0.05) is 29.3 Å². The Morgan fingerprint density at radius 2 is 1.91 bits per heavy atom. The monoisotopic (exact) mass is 344 g/mol. The van der Waals surface area contributed by atoms with Crippen molar-refractivity contribution in [3.8, 4) is 0 Å². The molecule has 0 aromatic heterocycles. The molecule has 3 N–H and O–H groups in total. The topological polar surface area (TPSA) is 62.6 Å². The van der Waals surface area contributed by atoms with Gasteiger partial charge < -0.3 is 15.5 Å². The minimum absolute atomic E-state index is 0.0245. The molecule has 2 amide bonds. The molecular weight excluding hydrogens is 325 g/mol. The molecule has 1 unspecified atom stereocenters. The van der Waals surface area contributed by atoms with Gasteiger partial charge in [0.1, 0.15) is 0 Å². The summed E-state index contributed by atoms with van der Waals surface area (Å²) in [5.74, 6) is -0.262. The van der Waals surface area contributed by atoms with Crippen LogP contribution in [0, 0.1) is 0 Å². The summed E-state index contributed by atoms with van der Waals surface area (Å²) < 4.78 is 0. The van der Waals surface area contributed by atoms with Crippen LogP contribution in [0.4, 0.5) is 5.69 Å². The Morgan fingerprint density at radius 1 is 1.32 bits per heavy atom. The number of hydrogen-bond donors (Lipinski definition) is 3. The normalized spacial score (nSPS) is 16.7. The number of quaternary nitrogens is 1. The molecule has 1 aliphatic carbocycles. The maximum absolute atomic E-state index is 12.1. The minimum atomic E-state index is -0.298. The SMILES string of the molecule is C[C@@H](C(=O)NC1CC1)[NH+](C)CC(=O)Nc1c(Cl)cccc1Cl. The molecule has 120 valence electrons. The van der Waals surface area contributed by atoms with Crippen molar-refractivity contribution in [1.82, 2.24) is 5.32 Å². The molecule has 1 aromatic carbocycles. The zero-order valence-corrected chi connectivity index (χ0v) is 14.1. The van der Waals surface area contributed by atoms with E-state index >= 15 is 0 Å². The van der Waals surface area contributed by atoms with Crippen molar-refractivity contribution in [2.75, 3.05) is 18.9 Å². The smallest absolute Gasteiger partial charge is 0.279 e. The van der Waals surface area contributed by atoms with Gasteiger partial charge in [-0.05, 0) is 31.9 Å². The maximum Gasteiger partial charge on any atom is 0.279 e. The standard InChI is InChI=1S/C15H19Cl2N3O2/c1-9(15(22)18-10-6-7-10)20(2)8-13(21)19-14-11(16)4-3-5-12(14)17/h3-5,9-10H,6-8H2,1-2H3,(H,18,22)(H,19,21)/p+1/t9-/m0/s1. The van der Waals surface area contributed by atoms with Crippen molar-refractivity contribution >= 4 is 40.7 Å². The zero-order chi connectivity index (χ0) is 16.3. The number of para-hydroxylation sites is 1. The van der Waals surface area contributed by atoms with E-state index in [1.54, 1.807) is 18.2 Å². The highest BCUT2D eigenvalue weighted by molar-refractivity contribution is 6.39. The second kappa shape index (κ2) is 7.31. The largest absolute Gasteiger partial charge is 0.348 e. The molecule has 22 heavy (non-hydrogen) atoms. The molecule has 1 aromatic rings. The number of likely N-dealkylation sites (N-methyl/N-ethyl adjacent to an activating group) is 1. The summed E-state index contributed by atoms with van der Waals surface area (Å²) in [5.41, 5.74) is 0.402. The van der Waals surface area contributed by atoms with Crippen LogP contribution in [0.25, 0.3) is 0 Å². The van der Waals surface area contributed by atoms with Gasteiger partial charge in [0.25, 0.3) is 11.8 Å². The lowest BCUT2D eigenvalue weighted by atomic mass is 10.2. The summed E-state index contributed by atoms with van der Waals surface area (Å²) in [7, 11) is 1.81. The van der Waals surface area contributed by atoms with Crippen LogP contribution in [0.3, 0.4) is 0 Å². The van der Waals surface area contributed by atoms with E-state index in [2.05, 4.69) is 10.6 Å². The van der Waals surface area contributed by atoms with Gasteiger partial charge in [0.05, 0.1) is 22.8 Å². The number of hydrogen-bond acceptors (Lipinski definition) is 2. The van der Waals surface area contributed by atoms with Gasteiger partial charge in [-0.2, -0.15) is 0 Å². The Labute approximate surface area is 139 Å². The Hall–Kier alpha value is -1.30. The van der Waals surface area contributed by atoms with Gasteiger partial charge in [-0.15, -0.1) is 0 Å². The van der Waals surface area contributed by atoms with Gasteiger partial charge in [-0.25, -0.2) is 0 Å².